The maximum absolute atomic E-state index is 11.0. The van der Waals surface area contributed by atoms with E-state index in [9.17, 15) is 4.79 Å². The van der Waals surface area contributed by atoms with E-state index in [4.69, 9.17) is 10.2 Å². The number of aromatic amines is 1. The highest BCUT2D eigenvalue weighted by atomic mass is 16.4. The summed E-state index contributed by atoms with van der Waals surface area (Å²) in [6.07, 6.45) is 2.06. The number of nitrogens with two attached hydrogens (primary N) is 1. The number of H-pyrrole nitrogens is 1. The minimum absolute atomic E-state index is 0.00504. The lowest BCUT2D eigenvalue weighted by atomic mass is 9.95. The number of rotatable bonds is 4. The quantitative estimate of drug-likeness (QED) is 0.854. The zero-order chi connectivity index (χ0) is 12.4. The molecule has 0 amide bonds. The van der Waals surface area contributed by atoms with Crippen LogP contribution in [0.5, 0.6) is 0 Å². The number of nitrogens with one attached hydrogen (secondary N) is 1. The lowest BCUT2D eigenvalue weighted by Gasteiger charge is -2.16. The van der Waals surface area contributed by atoms with Crippen molar-refractivity contribution in [3.05, 3.63) is 34.3 Å². The minimum Gasteiger partial charge on any atom is -0.408 e. The van der Waals surface area contributed by atoms with Gasteiger partial charge in [-0.15, -0.1) is 0 Å². The molecule has 92 valence electrons. The van der Waals surface area contributed by atoms with Crippen molar-refractivity contribution in [3.8, 4) is 0 Å². The summed E-state index contributed by atoms with van der Waals surface area (Å²) >= 11 is 0. The van der Waals surface area contributed by atoms with Gasteiger partial charge in [0.2, 0.25) is 0 Å². The van der Waals surface area contributed by atoms with E-state index in [1.165, 1.54) is 0 Å². The fourth-order valence-corrected chi connectivity index (χ4v) is 1.93. The molecule has 1 aromatic carbocycles. The monoisotopic (exact) mass is 234 g/mol. The van der Waals surface area contributed by atoms with Crippen molar-refractivity contribution in [1.29, 1.82) is 0 Å². The average Bonchev–Trinajstić information content (AvgIpc) is 2.67. The van der Waals surface area contributed by atoms with Crippen LogP contribution in [-0.4, -0.2) is 4.98 Å². The van der Waals surface area contributed by atoms with Gasteiger partial charge in [0.25, 0.3) is 0 Å². The Morgan fingerprint density at radius 3 is 2.94 bits per heavy atom. The molecule has 4 nitrogen and oxygen atoms in total. The molecule has 2 rings (SSSR count). The second kappa shape index (κ2) is 4.75. The smallest absolute Gasteiger partial charge is 0.408 e. The molecule has 0 aliphatic heterocycles. The van der Waals surface area contributed by atoms with E-state index < -0.39 is 5.76 Å². The molecular weight excluding hydrogens is 216 g/mol. The maximum Gasteiger partial charge on any atom is 0.417 e. The Morgan fingerprint density at radius 2 is 2.24 bits per heavy atom. The van der Waals surface area contributed by atoms with Gasteiger partial charge in [-0.3, -0.25) is 4.98 Å². The number of benzene rings is 1. The van der Waals surface area contributed by atoms with Crippen LogP contribution < -0.4 is 11.5 Å². The van der Waals surface area contributed by atoms with Crippen LogP contribution in [0, 0.1) is 5.92 Å². The predicted octanol–water partition coefficient (Wildman–Crippen LogP) is 2.56. The number of hydrogen-bond acceptors (Lipinski definition) is 3. The first-order valence-corrected chi connectivity index (χ1v) is 5.98. The molecule has 17 heavy (non-hydrogen) atoms. The predicted molar refractivity (Wildman–Crippen MR) is 67.8 cm³/mol. The molecule has 0 radical (unpaired) electrons. The van der Waals surface area contributed by atoms with Crippen LogP contribution in [0.3, 0.4) is 0 Å². The van der Waals surface area contributed by atoms with Crippen LogP contribution >= 0.6 is 0 Å². The molecule has 2 unspecified atom stereocenters. The van der Waals surface area contributed by atoms with Crippen LogP contribution in [0.25, 0.3) is 11.1 Å². The number of oxazole rings is 1. The third kappa shape index (κ3) is 2.58. The summed E-state index contributed by atoms with van der Waals surface area (Å²) in [5.74, 6) is 0.173. The average molecular weight is 234 g/mol. The van der Waals surface area contributed by atoms with Crippen LogP contribution in [-0.2, 0) is 0 Å². The second-order valence-electron chi connectivity index (χ2n) is 4.63. The number of fused-ring (bicyclic) bond motifs is 1. The van der Waals surface area contributed by atoms with Crippen molar-refractivity contribution in [3.63, 3.8) is 0 Å². The van der Waals surface area contributed by atoms with E-state index in [0.29, 0.717) is 11.5 Å². The Kier molecular flexibility index (Phi) is 3.33. The van der Waals surface area contributed by atoms with Gasteiger partial charge in [0.1, 0.15) is 0 Å². The van der Waals surface area contributed by atoms with Gasteiger partial charge in [-0.25, -0.2) is 4.79 Å². The van der Waals surface area contributed by atoms with Gasteiger partial charge in [0.05, 0.1) is 5.52 Å². The summed E-state index contributed by atoms with van der Waals surface area (Å²) < 4.78 is 5.02. The third-order valence-corrected chi connectivity index (χ3v) is 3.23. The van der Waals surface area contributed by atoms with Crippen molar-refractivity contribution in [1.82, 2.24) is 4.98 Å². The summed E-state index contributed by atoms with van der Waals surface area (Å²) in [5.41, 5.74) is 8.45. The van der Waals surface area contributed by atoms with Crippen LogP contribution in [0.4, 0.5) is 0 Å². The van der Waals surface area contributed by atoms with Gasteiger partial charge >= 0.3 is 5.76 Å². The van der Waals surface area contributed by atoms with Gasteiger partial charge in [-0.05, 0) is 30.0 Å². The standard InChI is InChI=1S/C13H18N2O2/c1-3-8(2)6-10(14)9-4-5-11-12(7-9)17-13(16)15-11/h4-5,7-8,10H,3,6,14H2,1-2H3,(H,15,16). The molecule has 2 aromatic rings. The first-order valence-electron chi connectivity index (χ1n) is 5.98. The molecule has 0 spiro atoms. The highest BCUT2D eigenvalue weighted by Crippen LogP contribution is 2.23. The maximum atomic E-state index is 11.0. The fourth-order valence-electron chi connectivity index (χ4n) is 1.93. The summed E-state index contributed by atoms with van der Waals surface area (Å²) in [5, 5.41) is 0. The molecule has 2 atom stereocenters. The minimum atomic E-state index is -0.423. The van der Waals surface area contributed by atoms with Gasteiger partial charge in [-0.2, -0.15) is 0 Å². The van der Waals surface area contributed by atoms with E-state index in [0.717, 1.165) is 23.9 Å². The van der Waals surface area contributed by atoms with Crippen molar-refractivity contribution in [2.45, 2.75) is 32.7 Å². The lowest BCUT2D eigenvalue weighted by molar-refractivity contribution is 0.461. The first kappa shape index (κ1) is 11.9. The van der Waals surface area contributed by atoms with E-state index >= 15 is 0 Å². The Balaban J connectivity index is 2.26. The molecule has 0 fully saturated rings. The summed E-state index contributed by atoms with van der Waals surface area (Å²) in [6.45, 7) is 4.35. The summed E-state index contributed by atoms with van der Waals surface area (Å²) in [7, 11) is 0. The normalized spacial score (nSPS) is 15.0. The van der Waals surface area contributed by atoms with Crippen molar-refractivity contribution >= 4 is 11.1 Å². The highest BCUT2D eigenvalue weighted by Gasteiger charge is 2.11. The SMILES string of the molecule is CCC(C)CC(N)c1ccc2[nH]c(=O)oc2c1. The molecule has 0 aliphatic carbocycles. The van der Waals surface area contributed by atoms with Gasteiger partial charge in [0, 0.05) is 6.04 Å². The molecule has 0 bridgehead atoms. The van der Waals surface area contributed by atoms with E-state index in [2.05, 4.69) is 18.8 Å². The first-order chi connectivity index (χ1) is 8.10. The number of hydrogen-bond donors (Lipinski definition) is 2. The Hall–Kier alpha value is -1.55. The van der Waals surface area contributed by atoms with Gasteiger partial charge in [-0.1, -0.05) is 26.3 Å². The molecule has 1 heterocycles. The summed E-state index contributed by atoms with van der Waals surface area (Å²) in [6, 6.07) is 5.63. The zero-order valence-electron chi connectivity index (χ0n) is 10.2. The Bertz CT molecular complexity index is 556. The van der Waals surface area contributed by atoms with Crippen LogP contribution in [0.2, 0.25) is 0 Å². The zero-order valence-corrected chi connectivity index (χ0v) is 10.2. The topological polar surface area (TPSA) is 72.0 Å². The summed E-state index contributed by atoms with van der Waals surface area (Å²) in [4.78, 5) is 13.7. The molecule has 4 heteroatoms. The van der Waals surface area contributed by atoms with E-state index in [1.54, 1.807) is 0 Å². The Labute approximate surface area is 99.8 Å². The fraction of sp³-hybridized carbons (Fsp3) is 0.462. The molecule has 3 N–H and O–H groups in total. The van der Waals surface area contributed by atoms with Crippen LogP contribution in [0.1, 0.15) is 38.3 Å². The van der Waals surface area contributed by atoms with E-state index in [1.807, 2.05) is 18.2 Å². The van der Waals surface area contributed by atoms with Crippen molar-refractivity contribution < 1.29 is 4.42 Å². The molecule has 0 aliphatic rings. The van der Waals surface area contributed by atoms with Crippen molar-refractivity contribution in [2.75, 3.05) is 0 Å². The van der Waals surface area contributed by atoms with Gasteiger partial charge in [0.15, 0.2) is 5.58 Å². The van der Waals surface area contributed by atoms with Gasteiger partial charge < -0.3 is 10.2 Å². The molecule has 0 saturated heterocycles. The molecular formula is C13H18N2O2. The number of aromatic nitrogens is 1. The molecule has 0 saturated carbocycles. The third-order valence-electron chi connectivity index (χ3n) is 3.23. The van der Waals surface area contributed by atoms with Crippen LogP contribution in [0.15, 0.2) is 27.4 Å². The van der Waals surface area contributed by atoms with Crippen molar-refractivity contribution in [2.24, 2.45) is 11.7 Å². The Morgan fingerprint density at radius 1 is 1.47 bits per heavy atom. The lowest BCUT2D eigenvalue weighted by Crippen LogP contribution is -2.13. The second-order valence-corrected chi connectivity index (χ2v) is 4.63. The highest BCUT2D eigenvalue weighted by molar-refractivity contribution is 5.72. The molecule has 1 aromatic heterocycles. The van der Waals surface area contributed by atoms with E-state index in [-0.39, 0.29) is 6.04 Å². The largest absolute Gasteiger partial charge is 0.417 e.